The van der Waals surface area contributed by atoms with Crippen LogP contribution in [0.1, 0.15) is 32.2 Å². The second-order valence-electron chi connectivity index (χ2n) is 5.55. The zero-order valence-corrected chi connectivity index (χ0v) is 11.1. The molecule has 2 aromatic rings. The van der Waals surface area contributed by atoms with Gasteiger partial charge < -0.3 is 10.3 Å². The fourth-order valence-corrected chi connectivity index (χ4v) is 2.28. The molecule has 0 saturated heterocycles. The maximum atomic E-state index is 5.62. The van der Waals surface area contributed by atoms with Gasteiger partial charge in [0.25, 0.3) is 0 Å². The second-order valence-corrected chi connectivity index (χ2v) is 5.55. The van der Waals surface area contributed by atoms with E-state index in [0.29, 0.717) is 6.54 Å². The maximum absolute atomic E-state index is 5.62. The highest BCUT2D eigenvalue weighted by Crippen LogP contribution is 2.30. The first-order valence-electron chi connectivity index (χ1n) is 6.10. The summed E-state index contributed by atoms with van der Waals surface area (Å²) < 4.78 is 2.18. The standard InChI is InChI=1S/C14H21N3/c1-14(2,3)10-6-5-7-11-13(10)17(4)12(16-11)8-9-15/h5-7H,8-9,15H2,1-4H3. The fraction of sp³-hybridized carbons (Fsp3) is 0.500. The highest BCUT2D eigenvalue weighted by molar-refractivity contribution is 5.80. The number of fused-ring (bicyclic) bond motifs is 1. The third kappa shape index (κ3) is 2.07. The molecule has 0 radical (unpaired) electrons. The van der Waals surface area contributed by atoms with Crippen LogP contribution in [-0.2, 0) is 18.9 Å². The Bertz CT molecular complexity index is 532. The summed E-state index contributed by atoms with van der Waals surface area (Å²) in [6.07, 6.45) is 0.828. The molecule has 0 aliphatic heterocycles. The lowest BCUT2D eigenvalue weighted by atomic mass is 9.86. The Morgan fingerprint density at radius 1 is 1.29 bits per heavy atom. The summed E-state index contributed by atoms with van der Waals surface area (Å²) in [5.41, 5.74) is 9.41. The minimum atomic E-state index is 0.132. The normalized spacial score (nSPS) is 12.3. The molecule has 1 aromatic carbocycles. The first kappa shape index (κ1) is 12.1. The highest BCUT2D eigenvalue weighted by Gasteiger charge is 2.20. The van der Waals surface area contributed by atoms with Gasteiger partial charge >= 0.3 is 0 Å². The predicted octanol–water partition coefficient (Wildman–Crippen LogP) is 2.37. The predicted molar refractivity (Wildman–Crippen MR) is 72.2 cm³/mol. The van der Waals surface area contributed by atoms with Crippen LogP contribution < -0.4 is 5.73 Å². The molecule has 2 N–H and O–H groups in total. The Hall–Kier alpha value is -1.35. The van der Waals surface area contributed by atoms with Gasteiger partial charge in [-0.05, 0) is 23.6 Å². The van der Waals surface area contributed by atoms with Gasteiger partial charge in [-0.25, -0.2) is 4.98 Å². The van der Waals surface area contributed by atoms with Gasteiger partial charge in [-0.15, -0.1) is 0 Å². The highest BCUT2D eigenvalue weighted by atomic mass is 15.1. The number of nitrogens with zero attached hydrogens (tertiary/aromatic N) is 2. The van der Waals surface area contributed by atoms with Gasteiger partial charge in [0.15, 0.2) is 0 Å². The first-order valence-corrected chi connectivity index (χ1v) is 6.10. The summed E-state index contributed by atoms with van der Waals surface area (Å²) in [5, 5.41) is 0. The van der Waals surface area contributed by atoms with Crippen LogP contribution in [-0.4, -0.2) is 16.1 Å². The largest absolute Gasteiger partial charge is 0.331 e. The summed E-state index contributed by atoms with van der Waals surface area (Å²) in [6, 6.07) is 6.35. The molecule has 3 nitrogen and oxygen atoms in total. The van der Waals surface area contributed by atoms with Crippen molar-refractivity contribution in [1.29, 1.82) is 0 Å². The van der Waals surface area contributed by atoms with E-state index in [9.17, 15) is 0 Å². The number of hydrogen-bond acceptors (Lipinski definition) is 2. The summed E-state index contributed by atoms with van der Waals surface area (Å²) in [5.74, 6) is 1.07. The van der Waals surface area contributed by atoms with Gasteiger partial charge in [0.05, 0.1) is 11.0 Å². The molecule has 0 aliphatic carbocycles. The number of rotatable bonds is 2. The van der Waals surface area contributed by atoms with Crippen molar-refractivity contribution < 1.29 is 0 Å². The minimum absolute atomic E-state index is 0.132. The molecule has 92 valence electrons. The molecule has 0 spiro atoms. The van der Waals surface area contributed by atoms with Gasteiger partial charge in [0.2, 0.25) is 0 Å². The third-order valence-corrected chi connectivity index (χ3v) is 3.16. The number of para-hydroxylation sites is 1. The molecule has 0 saturated carbocycles. The van der Waals surface area contributed by atoms with Crippen molar-refractivity contribution in [3.8, 4) is 0 Å². The summed E-state index contributed by atoms with van der Waals surface area (Å²) in [6.45, 7) is 7.34. The van der Waals surface area contributed by atoms with Gasteiger partial charge in [-0.2, -0.15) is 0 Å². The van der Waals surface area contributed by atoms with Crippen LogP contribution in [0.2, 0.25) is 0 Å². The molecule has 0 bridgehead atoms. The second kappa shape index (κ2) is 4.15. The zero-order valence-electron chi connectivity index (χ0n) is 11.1. The molecule has 0 fully saturated rings. The molecular formula is C14H21N3. The lowest BCUT2D eigenvalue weighted by molar-refractivity contribution is 0.592. The number of aryl methyl sites for hydroxylation is 1. The van der Waals surface area contributed by atoms with Gasteiger partial charge in [-0.3, -0.25) is 0 Å². The molecule has 0 unspecified atom stereocenters. The quantitative estimate of drug-likeness (QED) is 0.862. The van der Waals surface area contributed by atoms with E-state index in [1.54, 1.807) is 0 Å². The number of hydrogen-bond donors (Lipinski definition) is 1. The van der Waals surface area contributed by atoms with Crippen LogP contribution in [0.4, 0.5) is 0 Å². The van der Waals surface area contributed by atoms with E-state index in [0.717, 1.165) is 17.8 Å². The number of nitrogens with two attached hydrogens (primary N) is 1. The molecule has 3 heteroatoms. The fourth-order valence-electron chi connectivity index (χ4n) is 2.28. The number of benzene rings is 1. The average molecular weight is 231 g/mol. The van der Waals surface area contributed by atoms with E-state index in [-0.39, 0.29) is 5.41 Å². The molecule has 0 aliphatic rings. The van der Waals surface area contributed by atoms with E-state index in [4.69, 9.17) is 5.73 Å². The van der Waals surface area contributed by atoms with Crippen LogP contribution in [0, 0.1) is 0 Å². The van der Waals surface area contributed by atoms with Crippen molar-refractivity contribution in [2.75, 3.05) is 6.54 Å². The van der Waals surface area contributed by atoms with Crippen molar-refractivity contribution >= 4 is 11.0 Å². The molecule has 0 atom stereocenters. The van der Waals surface area contributed by atoms with Crippen molar-refractivity contribution in [1.82, 2.24) is 9.55 Å². The zero-order chi connectivity index (χ0) is 12.6. The van der Waals surface area contributed by atoms with Crippen LogP contribution in [0.5, 0.6) is 0 Å². The van der Waals surface area contributed by atoms with E-state index in [1.165, 1.54) is 11.1 Å². The van der Waals surface area contributed by atoms with Crippen molar-refractivity contribution in [3.63, 3.8) is 0 Å². The van der Waals surface area contributed by atoms with E-state index in [2.05, 4.69) is 55.6 Å². The monoisotopic (exact) mass is 231 g/mol. The van der Waals surface area contributed by atoms with E-state index in [1.807, 2.05) is 0 Å². The number of aromatic nitrogens is 2. The molecule has 17 heavy (non-hydrogen) atoms. The van der Waals surface area contributed by atoms with E-state index >= 15 is 0 Å². The summed E-state index contributed by atoms with van der Waals surface area (Å²) in [4.78, 5) is 4.66. The van der Waals surface area contributed by atoms with Gasteiger partial charge in [-0.1, -0.05) is 32.9 Å². The first-order chi connectivity index (χ1) is 7.95. The Balaban J connectivity index is 2.71. The third-order valence-electron chi connectivity index (χ3n) is 3.16. The number of imidazole rings is 1. The molecule has 1 aromatic heterocycles. The Morgan fingerprint density at radius 3 is 2.59 bits per heavy atom. The molecular weight excluding hydrogens is 210 g/mol. The minimum Gasteiger partial charge on any atom is -0.331 e. The Labute approximate surface area is 103 Å². The molecule has 0 amide bonds. The molecule has 2 rings (SSSR count). The molecule has 1 heterocycles. The average Bonchev–Trinajstić information content (AvgIpc) is 2.55. The van der Waals surface area contributed by atoms with Crippen LogP contribution in [0.15, 0.2) is 18.2 Å². The maximum Gasteiger partial charge on any atom is 0.110 e. The lowest BCUT2D eigenvalue weighted by Crippen LogP contribution is -2.13. The van der Waals surface area contributed by atoms with Crippen LogP contribution in [0.3, 0.4) is 0 Å². The lowest BCUT2D eigenvalue weighted by Gasteiger charge is -2.20. The van der Waals surface area contributed by atoms with E-state index < -0.39 is 0 Å². The summed E-state index contributed by atoms with van der Waals surface area (Å²) >= 11 is 0. The van der Waals surface area contributed by atoms with Gasteiger partial charge in [0.1, 0.15) is 5.82 Å². The van der Waals surface area contributed by atoms with Crippen LogP contribution >= 0.6 is 0 Å². The smallest absolute Gasteiger partial charge is 0.110 e. The van der Waals surface area contributed by atoms with Crippen molar-refractivity contribution in [2.45, 2.75) is 32.6 Å². The Kier molecular flexibility index (Phi) is 2.96. The van der Waals surface area contributed by atoms with Crippen molar-refractivity contribution in [2.24, 2.45) is 12.8 Å². The van der Waals surface area contributed by atoms with Gasteiger partial charge in [0, 0.05) is 13.5 Å². The van der Waals surface area contributed by atoms with Crippen LogP contribution in [0.25, 0.3) is 11.0 Å². The van der Waals surface area contributed by atoms with Crippen molar-refractivity contribution in [3.05, 3.63) is 29.6 Å². The summed E-state index contributed by atoms with van der Waals surface area (Å²) in [7, 11) is 2.08. The topological polar surface area (TPSA) is 43.8 Å². The Morgan fingerprint density at radius 2 is 2.00 bits per heavy atom. The SMILES string of the molecule is Cn1c(CCN)nc2cccc(C(C)(C)C)c21.